The number of piperidine rings is 1. The van der Waals surface area contributed by atoms with Gasteiger partial charge in [-0.2, -0.15) is 0 Å². The molecule has 4 heteroatoms. The Morgan fingerprint density at radius 2 is 2.36 bits per heavy atom. The Bertz CT molecular complexity index is 155. The summed E-state index contributed by atoms with van der Waals surface area (Å²) in [5.41, 5.74) is 0. The first-order valence-corrected chi connectivity index (χ1v) is 5.52. The highest BCUT2D eigenvalue weighted by Gasteiger charge is 2.20. The minimum Gasteiger partial charge on any atom is -0.396 e. The quantitative estimate of drug-likeness (QED) is 0.493. The van der Waals surface area contributed by atoms with E-state index < -0.39 is 0 Å². The van der Waals surface area contributed by atoms with Gasteiger partial charge in [0, 0.05) is 13.2 Å². The number of aliphatic hydroxyl groups excluding tert-OH is 2. The smallest absolute Gasteiger partial charge is 0.0662 e. The number of hydrogen-bond acceptors (Lipinski definition) is 4. The van der Waals surface area contributed by atoms with Crippen LogP contribution in [0.1, 0.15) is 26.2 Å². The molecular formula is C10H22N2O2. The molecule has 1 saturated heterocycles. The SMILES string of the molecule is CCC(O)CNC1CC(CO)CCN1. The van der Waals surface area contributed by atoms with E-state index in [2.05, 4.69) is 10.6 Å². The van der Waals surface area contributed by atoms with E-state index in [1.54, 1.807) is 0 Å². The second-order valence-electron chi connectivity index (χ2n) is 4.05. The Balaban J connectivity index is 2.17. The highest BCUT2D eigenvalue weighted by Crippen LogP contribution is 2.13. The van der Waals surface area contributed by atoms with Crippen LogP contribution in [0.15, 0.2) is 0 Å². The zero-order valence-electron chi connectivity index (χ0n) is 8.87. The van der Waals surface area contributed by atoms with Crippen molar-refractivity contribution < 1.29 is 10.2 Å². The number of hydrogen-bond donors (Lipinski definition) is 4. The lowest BCUT2D eigenvalue weighted by molar-refractivity contribution is 0.136. The molecule has 1 aliphatic heterocycles. The molecule has 0 aromatic rings. The predicted octanol–water partition coefficient (Wildman–Crippen LogP) is -0.335. The van der Waals surface area contributed by atoms with E-state index in [0.717, 1.165) is 25.8 Å². The van der Waals surface area contributed by atoms with E-state index >= 15 is 0 Å². The summed E-state index contributed by atoms with van der Waals surface area (Å²) < 4.78 is 0. The van der Waals surface area contributed by atoms with Crippen LogP contribution >= 0.6 is 0 Å². The first-order valence-electron chi connectivity index (χ1n) is 5.52. The fourth-order valence-electron chi connectivity index (χ4n) is 1.74. The van der Waals surface area contributed by atoms with Gasteiger partial charge in [0.1, 0.15) is 0 Å². The van der Waals surface area contributed by atoms with Gasteiger partial charge in [-0.3, -0.25) is 5.32 Å². The molecular weight excluding hydrogens is 180 g/mol. The van der Waals surface area contributed by atoms with Crippen LogP contribution in [-0.4, -0.2) is 42.2 Å². The average Bonchev–Trinajstić information content (AvgIpc) is 2.26. The predicted molar refractivity (Wildman–Crippen MR) is 55.9 cm³/mol. The lowest BCUT2D eigenvalue weighted by Gasteiger charge is -2.30. The second kappa shape index (κ2) is 6.35. The molecule has 0 aromatic heterocycles. The van der Waals surface area contributed by atoms with Crippen molar-refractivity contribution in [3.05, 3.63) is 0 Å². The number of aliphatic hydroxyl groups is 2. The van der Waals surface area contributed by atoms with Crippen molar-refractivity contribution in [2.24, 2.45) is 5.92 Å². The van der Waals surface area contributed by atoms with Crippen LogP contribution in [0.5, 0.6) is 0 Å². The molecule has 0 saturated carbocycles. The van der Waals surface area contributed by atoms with Crippen molar-refractivity contribution >= 4 is 0 Å². The van der Waals surface area contributed by atoms with Gasteiger partial charge in [0.15, 0.2) is 0 Å². The maximum Gasteiger partial charge on any atom is 0.0662 e. The van der Waals surface area contributed by atoms with Crippen molar-refractivity contribution in [2.75, 3.05) is 19.7 Å². The summed E-state index contributed by atoms with van der Waals surface area (Å²) in [6.07, 6.45) is 2.77. The zero-order valence-corrected chi connectivity index (χ0v) is 8.87. The summed E-state index contributed by atoms with van der Waals surface area (Å²) in [7, 11) is 0. The van der Waals surface area contributed by atoms with Crippen LogP contribution in [0, 0.1) is 5.92 Å². The third kappa shape index (κ3) is 3.92. The highest BCUT2D eigenvalue weighted by molar-refractivity contribution is 4.77. The van der Waals surface area contributed by atoms with Crippen LogP contribution < -0.4 is 10.6 Å². The normalized spacial score (nSPS) is 30.2. The summed E-state index contributed by atoms with van der Waals surface area (Å²) in [5.74, 6) is 0.410. The molecule has 4 nitrogen and oxygen atoms in total. The molecule has 84 valence electrons. The molecule has 0 aliphatic carbocycles. The summed E-state index contributed by atoms with van der Waals surface area (Å²) in [6.45, 7) is 3.82. The molecule has 4 N–H and O–H groups in total. The van der Waals surface area contributed by atoms with Crippen molar-refractivity contribution in [3.63, 3.8) is 0 Å². The van der Waals surface area contributed by atoms with Gasteiger partial charge in [-0.05, 0) is 31.7 Å². The number of nitrogens with one attached hydrogen (secondary N) is 2. The van der Waals surface area contributed by atoms with Gasteiger partial charge in [-0.25, -0.2) is 0 Å². The highest BCUT2D eigenvalue weighted by atomic mass is 16.3. The standard InChI is InChI=1S/C10H22N2O2/c1-2-9(14)6-12-10-5-8(7-13)3-4-11-10/h8-14H,2-7H2,1H3. The third-order valence-corrected chi connectivity index (χ3v) is 2.84. The van der Waals surface area contributed by atoms with Crippen LogP contribution in [0.3, 0.4) is 0 Å². The van der Waals surface area contributed by atoms with E-state index in [9.17, 15) is 5.11 Å². The second-order valence-corrected chi connectivity index (χ2v) is 4.05. The lowest BCUT2D eigenvalue weighted by atomic mass is 9.97. The maximum absolute atomic E-state index is 9.37. The van der Waals surface area contributed by atoms with Crippen molar-refractivity contribution in [2.45, 2.75) is 38.5 Å². The molecule has 1 rings (SSSR count). The van der Waals surface area contributed by atoms with Gasteiger partial charge >= 0.3 is 0 Å². The monoisotopic (exact) mass is 202 g/mol. The van der Waals surface area contributed by atoms with Gasteiger partial charge in [-0.15, -0.1) is 0 Å². The Labute approximate surface area is 85.7 Å². The van der Waals surface area contributed by atoms with E-state index in [-0.39, 0.29) is 18.9 Å². The summed E-state index contributed by atoms with van der Waals surface area (Å²) in [5, 5.41) is 25.0. The first-order chi connectivity index (χ1) is 6.76. The molecule has 0 amide bonds. The van der Waals surface area contributed by atoms with E-state index in [0.29, 0.717) is 12.5 Å². The van der Waals surface area contributed by atoms with Crippen LogP contribution in [0.4, 0.5) is 0 Å². The largest absolute Gasteiger partial charge is 0.396 e. The lowest BCUT2D eigenvalue weighted by Crippen LogP contribution is -2.50. The fourth-order valence-corrected chi connectivity index (χ4v) is 1.74. The molecule has 0 aromatic carbocycles. The Morgan fingerprint density at radius 1 is 1.57 bits per heavy atom. The summed E-state index contributed by atoms with van der Waals surface area (Å²) >= 11 is 0. The third-order valence-electron chi connectivity index (χ3n) is 2.84. The van der Waals surface area contributed by atoms with Crippen LogP contribution in [0.2, 0.25) is 0 Å². The summed E-state index contributed by atoms with van der Waals surface area (Å²) in [6, 6.07) is 0. The fraction of sp³-hybridized carbons (Fsp3) is 1.00. The van der Waals surface area contributed by atoms with Gasteiger partial charge in [0.25, 0.3) is 0 Å². The molecule has 1 aliphatic rings. The molecule has 0 spiro atoms. The van der Waals surface area contributed by atoms with Gasteiger partial charge < -0.3 is 15.5 Å². The molecule has 1 fully saturated rings. The Hall–Kier alpha value is -0.160. The van der Waals surface area contributed by atoms with Crippen molar-refractivity contribution in [3.8, 4) is 0 Å². The molecule has 3 unspecified atom stereocenters. The van der Waals surface area contributed by atoms with Gasteiger partial charge in [0.05, 0.1) is 12.3 Å². The first kappa shape index (κ1) is 11.9. The van der Waals surface area contributed by atoms with E-state index in [4.69, 9.17) is 5.11 Å². The van der Waals surface area contributed by atoms with Crippen molar-refractivity contribution in [1.29, 1.82) is 0 Å². The van der Waals surface area contributed by atoms with E-state index in [1.807, 2.05) is 6.92 Å². The molecule has 0 radical (unpaired) electrons. The molecule has 1 heterocycles. The zero-order chi connectivity index (χ0) is 10.4. The van der Waals surface area contributed by atoms with Gasteiger partial charge in [-0.1, -0.05) is 6.92 Å². The molecule has 0 bridgehead atoms. The Morgan fingerprint density at radius 3 is 3.00 bits per heavy atom. The van der Waals surface area contributed by atoms with Crippen LogP contribution in [-0.2, 0) is 0 Å². The van der Waals surface area contributed by atoms with E-state index in [1.165, 1.54) is 0 Å². The topological polar surface area (TPSA) is 64.5 Å². The maximum atomic E-state index is 9.37. The minimum absolute atomic E-state index is 0.252. The molecule has 3 atom stereocenters. The van der Waals surface area contributed by atoms with Gasteiger partial charge in [0.2, 0.25) is 0 Å². The van der Waals surface area contributed by atoms with Crippen LogP contribution in [0.25, 0.3) is 0 Å². The molecule has 14 heavy (non-hydrogen) atoms. The van der Waals surface area contributed by atoms with Crippen molar-refractivity contribution in [1.82, 2.24) is 10.6 Å². The number of rotatable bonds is 5. The summed E-state index contributed by atoms with van der Waals surface area (Å²) in [4.78, 5) is 0. The minimum atomic E-state index is -0.258. The Kier molecular flexibility index (Phi) is 5.40. The average molecular weight is 202 g/mol.